The Kier molecular flexibility index (Phi) is 6.28. The molecule has 1 unspecified atom stereocenters. The van der Waals surface area contributed by atoms with Crippen LogP contribution in [0.1, 0.15) is 30.8 Å². The lowest BCUT2D eigenvalue weighted by Gasteiger charge is -2.27. The minimum atomic E-state index is -3.35. The molecule has 2 N–H and O–H groups in total. The van der Waals surface area contributed by atoms with Gasteiger partial charge in [0.1, 0.15) is 5.78 Å². The molecule has 0 saturated heterocycles. The second-order valence-corrected chi connectivity index (χ2v) is 8.04. The summed E-state index contributed by atoms with van der Waals surface area (Å²) in [4.78, 5) is 3.27. The molecule has 1 aromatic heterocycles. The molecule has 2 aromatic carbocycles. The number of benzene rings is 2. The maximum Gasteiger partial charge on any atom is 0.351 e. The molecule has 6 heteroatoms. The molecule has 0 amide bonds. The molecular formula is C20H25N2O3P. The van der Waals surface area contributed by atoms with Crippen LogP contribution in [0.2, 0.25) is 0 Å². The van der Waals surface area contributed by atoms with Crippen molar-refractivity contribution >= 4 is 18.5 Å². The highest BCUT2D eigenvalue weighted by Crippen LogP contribution is 2.59. The van der Waals surface area contributed by atoms with E-state index in [-0.39, 0.29) is 0 Å². The van der Waals surface area contributed by atoms with Crippen LogP contribution in [0, 0.1) is 0 Å². The van der Waals surface area contributed by atoms with Gasteiger partial charge in [-0.1, -0.05) is 48.5 Å². The standard InChI is InChI=1S/C20H25N2O3P/c1-3-24-26(23,25-4-2)20(16-10-6-5-7-11-16)22-15-17-14-21-19-13-9-8-12-18(17)19/h5-14,20-22H,3-4,15H2,1-2H3. The normalized spacial score (nSPS) is 13.2. The highest BCUT2D eigenvalue weighted by atomic mass is 31.2. The number of H-pyrrole nitrogens is 1. The van der Waals surface area contributed by atoms with Gasteiger partial charge in [-0.05, 0) is 31.0 Å². The van der Waals surface area contributed by atoms with Crippen molar-refractivity contribution in [3.8, 4) is 0 Å². The summed E-state index contributed by atoms with van der Waals surface area (Å²) < 4.78 is 24.6. The minimum Gasteiger partial charge on any atom is -0.361 e. The minimum absolute atomic E-state index is 0.329. The van der Waals surface area contributed by atoms with Gasteiger partial charge in [0, 0.05) is 23.6 Å². The molecule has 0 aliphatic carbocycles. The Labute approximate surface area is 154 Å². The SMILES string of the molecule is CCOP(=O)(OCC)C(NCc1c[nH]c2ccccc12)c1ccccc1. The van der Waals surface area contributed by atoms with Gasteiger partial charge in [0.25, 0.3) is 0 Å². The first kappa shape index (κ1) is 18.9. The van der Waals surface area contributed by atoms with Crippen LogP contribution in [0.5, 0.6) is 0 Å². The lowest BCUT2D eigenvalue weighted by atomic mass is 10.1. The Balaban J connectivity index is 1.89. The summed E-state index contributed by atoms with van der Waals surface area (Å²) in [6.45, 7) is 4.86. The summed E-state index contributed by atoms with van der Waals surface area (Å²) in [5, 5.41) is 4.56. The van der Waals surface area contributed by atoms with Gasteiger partial charge < -0.3 is 14.0 Å². The summed E-state index contributed by atoms with van der Waals surface area (Å²) in [6, 6.07) is 17.8. The van der Waals surface area contributed by atoms with Gasteiger partial charge in [-0.3, -0.25) is 9.88 Å². The first-order valence-electron chi connectivity index (χ1n) is 8.90. The summed E-state index contributed by atoms with van der Waals surface area (Å²) in [5.41, 5.74) is 3.08. The summed E-state index contributed by atoms with van der Waals surface area (Å²) in [7, 11) is -3.35. The number of fused-ring (bicyclic) bond motifs is 1. The van der Waals surface area contributed by atoms with Gasteiger partial charge in [0.2, 0.25) is 0 Å². The van der Waals surface area contributed by atoms with E-state index in [4.69, 9.17) is 9.05 Å². The van der Waals surface area contributed by atoms with Gasteiger partial charge >= 0.3 is 7.60 Å². The molecular weight excluding hydrogens is 347 g/mol. The van der Waals surface area contributed by atoms with E-state index in [1.807, 2.05) is 68.6 Å². The number of hydrogen-bond donors (Lipinski definition) is 2. The molecule has 0 aliphatic heterocycles. The predicted molar refractivity (Wildman–Crippen MR) is 105 cm³/mol. The molecule has 3 aromatic rings. The molecule has 26 heavy (non-hydrogen) atoms. The lowest BCUT2D eigenvalue weighted by molar-refractivity contribution is 0.207. The van der Waals surface area contributed by atoms with E-state index in [9.17, 15) is 4.57 Å². The van der Waals surface area contributed by atoms with Crippen molar-refractivity contribution in [1.29, 1.82) is 0 Å². The van der Waals surface area contributed by atoms with Crippen molar-refractivity contribution in [2.75, 3.05) is 13.2 Å². The largest absolute Gasteiger partial charge is 0.361 e. The fraction of sp³-hybridized carbons (Fsp3) is 0.300. The number of rotatable bonds is 9. The van der Waals surface area contributed by atoms with E-state index < -0.39 is 13.4 Å². The number of aromatic amines is 1. The Hall–Kier alpha value is -1.91. The van der Waals surface area contributed by atoms with Crippen molar-refractivity contribution in [3.05, 3.63) is 71.9 Å². The predicted octanol–water partition coefficient (Wildman–Crippen LogP) is 5.22. The van der Waals surface area contributed by atoms with Crippen LogP contribution in [-0.4, -0.2) is 18.2 Å². The van der Waals surface area contributed by atoms with Crippen LogP contribution >= 0.6 is 7.60 Å². The number of nitrogens with one attached hydrogen (secondary N) is 2. The van der Waals surface area contributed by atoms with E-state index in [0.717, 1.165) is 22.0 Å². The van der Waals surface area contributed by atoms with E-state index >= 15 is 0 Å². The molecule has 0 saturated carbocycles. The second kappa shape index (κ2) is 8.65. The summed E-state index contributed by atoms with van der Waals surface area (Å²) >= 11 is 0. The molecule has 0 fully saturated rings. The highest BCUT2D eigenvalue weighted by molar-refractivity contribution is 7.54. The Morgan fingerprint density at radius 1 is 1.00 bits per heavy atom. The van der Waals surface area contributed by atoms with E-state index in [1.54, 1.807) is 0 Å². The zero-order valence-electron chi connectivity index (χ0n) is 15.1. The van der Waals surface area contributed by atoms with Gasteiger partial charge in [-0.2, -0.15) is 0 Å². The zero-order chi connectivity index (χ0) is 18.4. The maximum atomic E-state index is 13.4. The Bertz CT molecular complexity index is 869. The molecule has 138 valence electrons. The van der Waals surface area contributed by atoms with E-state index in [0.29, 0.717) is 19.8 Å². The van der Waals surface area contributed by atoms with Crippen LogP contribution in [0.3, 0.4) is 0 Å². The third-order valence-electron chi connectivity index (χ3n) is 4.21. The third kappa shape index (κ3) is 4.08. The third-order valence-corrected chi connectivity index (χ3v) is 6.56. The van der Waals surface area contributed by atoms with Crippen LogP contribution in [0.4, 0.5) is 0 Å². The quantitative estimate of drug-likeness (QED) is 0.505. The molecule has 1 heterocycles. The topological polar surface area (TPSA) is 63.4 Å². The first-order chi connectivity index (χ1) is 12.7. The fourth-order valence-electron chi connectivity index (χ4n) is 3.08. The Morgan fingerprint density at radius 2 is 1.65 bits per heavy atom. The molecule has 0 spiro atoms. The monoisotopic (exact) mass is 372 g/mol. The summed E-state index contributed by atoms with van der Waals surface area (Å²) in [6.07, 6.45) is 1.98. The van der Waals surface area contributed by atoms with Gasteiger partial charge in [-0.25, -0.2) is 0 Å². The first-order valence-corrected chi connectivity index (χ1v) is 10.5. The van der Waals surface area contributed by atoms with Crippen LogP contribution in [0.25, 0.3) is 10.9 Å². The van der Waals surface area contributed by atoms with Gasteiger partial charge in [0.15, 0.2) is 0 Å². The maximum absolute atomic E-state index is 13.4. The van der Waals surface area contributed by atoms with E-state index in [1.165, 1.54) is 0 Å². The van der Waals surface area contributed by atoms with Crippen molar-refractivity contribution in [3.63, 3.8) is 0 Å². The van der Waals surface area contributed by atoms with Crippen molar-refractivity contribution in [2.24, 2.45) is 0 Å². The van der Waals surface area contributed by atoms with Gasteiger partial charge in [0.05, 0.1) is 13.2 Å². The van der Waals surface area contributed by atoms with Crippen LogP contribution in [-0.2, 0) is 20.2 Å². The van der Waals surface area contributed by atoms with Crippen LogP contribution in [0.15, 0.2) is 60.8 Å². The number of para-hydroxylation sites is 1. The summed E-state index contributed by atoms with van der Waals surface area (Å²) in [5.74, 6) is -0.530. The molecule has 0 bridgehead atoms. The molecule has 5 nitrogen and oxygen atoms in total. The second-order valence-electron chi connectivity index (χ2n) is 5.93. The van der Waals surface area contributed by atoms with Crippen molar-refractivity contribution < 1.29 is 13.6 Å². The molecule has 1 atom stereocenters. The van der Waals surface area contributed by atoms with Gasteiger partial charge in [-0.15, -0.1) is 0 Å². The zero-order valence-corrected chi connectivity index (χ0v) is 16.0. The molecule has 0 aliphatic rings. The lowest BCUT2D eigenvalue weighted by Crippen LogP contribution is -2.23. The number of hydrogen-bond acceptors (Lipinski definition) is 4. The highest BCUT2D eigenvalue weighted by Gasteiger charge is 2.36. The van der Waals surface area contributed by atoms with Crippen molar-refractivity contribution in [1.82, 2.24) is 10.3 Å². The number of aromatic nitrogens is 1. The average Bonchev–Trinajstić information content (AvgIpc) is 3.06. The Morgan fingerprint density at radius 3 is 2.35 bits per heavy atom. The average molecular weight is 372 g/mol. The molecule has 0 radical (unpaired) electrons. The van der Waals surface area contributed by atoms with E-state index in [2.05, 4.69) is 16.4 Å². The van der Waals surface area contributed by atoms with Crippen LogP contribution < -0.4 is 5.32 Å². The molecule has 3 rings (SSSR count). The smallest absolute Gasteiger partial charge is 0.351 e. The fourth-order valence-corrected chi connectivity index (χ4v) is 5.02. The van der Waals surface area contributed by atoms with Crippen molar-refractivity contribution in [2.45, 2.75) is 26.2 Å².